The number of carbonyl (C=O) groups is 1. The standard InChI is InChI=1S/C21H23N3O/c1-16-20-10-5-13-23(20)14-15-24(16)21(25)22-12-11-18-8-4-7-17-6-2-3-9-19(17)18/h2-10,13,16H,11-12,14-15H2,1H3,(H,22,25). The summed E-state index contributed by atoms with van der Waals surface area (Å²) in [6.45, 7) is 4.36. The fourth-order valence-corrected chi connectivity index (χ4v) is 3.77. The molecule has 4 heteroatoms. The van der Waals surface area contributed by atoms with Crippen molar-refractivity contribution in [2.24, 2.45) is 0 Å². The summed E-state index contributed by atoms with van der Waals surface area (Å²) in [6.07, 6.45) is 2.92. The number of fused-ring (bicyclic) bond motifs is 2. The molecule has 4 rings (SSSR count). The average Bonchev–Trinajstić information content (AvgIpc) is 3.12. The first-order valence-electron chi connectivity index (χ1n) is 8.90. The van der Waals surface area contributed by atoms with E-state index in [-0.39, 0.29) is 12.1 Å². The second kappa shape index (κ2) is 6.63. The highest BCUT2D eigenvalue weighted by atomic mass is 16.2. The van der Waals surface area contributed by atoms with Crippen LogP contribution < -0.4 is 5.32 Å². The third-order valence-electron chi connectivity index (χ3n) is 5.15. The Labute approximate surface area is 148 Å². The molecule has 1 N–H and O–H groups in total. The third kappa shape index (κ3) is 3.00. The Morgan fingerprint density at radius 1 is 1.08 bits per heavy atom. The molecule has 0 bridgehead atoms. The number of aromatic nitrogens is 1. The molecular formula is C21H23N3O. The first kappa shape index (κ1) is 15.8. The summed E-state index contributed by atoms with van der Waals surface area (Å²) >= 11 is 0. The minimum atomic E-state index is 0.0280. The highest BCUT2D eigenvalue weighted by Crippen LogP contribution is 2.25. The Kier molecular flexibility index (Phi) is 4.18. The Morgan fingerprint density at radius 3 is 2.84 bits per heavy atom. The van der Waals surface area contributed by atoms with Gasteiger partial charge in [-0.3, -0.25) is 0 Å². The van der Waals surface area contributed by atoms with E-state index in [1.165, 1.54) is 22.0 Å². The molecule has 2 heterocycles. The Balaban J connectivity index is 1.39. The minimum Gasteiger partial charge on any atom is -0.348 e. The summed E-state index contributed by atoms with van der Waals surface area (Å²) in [7, 11) is 0. The van der Waals surface area contributed by atoms with Crippen molar-refractivity contribution in [3.05, 3.63) is 72.1 Å². The van der Waals surface area contributed by atoms with Gasteiger partial charge in [-0.1, -0.05) is 42.5 Å². The molecule has 1 aliphatic rings. The fourth-order valence-electron chi connectivity index (χ4n) is 3.77. The van der Waals surface area contributed by atoms with Gasteiger partial charge in [0.15, 0.2) is 0 Å². The summed E-state index contributed by atoms with van der Waals surface area (Å²) in [6, 6.07) is 19.0. The van der Waals surface area contributed by atoms with Crippen LogP contribution in [-0.2, 0) is 13.0 Å². The van der Waals surface area contributed by atoms with Crippen LogP contribution in [-0.4, -0.2) is 28.6 Å². The van der Waals surface area contributed by atoms with Crippen LogP contribution in [0.15, 0.2) is 60.8 Å². The first-order valence-corrected chi connectivity index (χ1v) is 8.90. The van der Waals surface area contributed by atoms with Gasteiger partial charge in [0.2, 0.25) is 0 Å². The van der Waals surface area contributed by atoms with Gasteiger partial charge in [-0.25, -0.2) is 4.79 Å². The summed E-state index contributed by atoms with van der Waals surface area (Å²) in [5, 5.41) is 5.61. The summed E-state index contributed by atoms with van der Waals surface area (Å²) in [4.78, 5) is 14.5. The Hall–Kier alpha value is -2.75. The van der Waals surface area contributed by atoms with Crippen LogP contribution in [0.5, 0.6) is 0 Å². The summed E-state index contributed by atoms with van der Waals surface area (Å²) in [5.74, 6) is 0. The second-order valence-electron chi connectivity index (χ2n) is 6.62. The van der Waals surface area contributed by atoms with Crippen molar-refractivity contribution in [1.82, 2.24) is 14.8 Å². The van der Waals surface area contributed by atoms with Crippen molar-refractivity contribution in [2.45, 2.75) is 25.9 Å². The number of benzene rings is 2. The lowest BCUT2D eigenvalue weighted by Gasteiger charge is -2.34. The molecule has 25 heavy (non-hydrogen) atoms. The zero-order valence-electron chi connectivity index (χ0n) is 14.5. The molecule has 2 aromatic carbocycles. The molecule has 0 aliphatic carbocycles. The fraction of sp³-hybridized carbons (Fsp3) is 0.286. The number of nitrogens with zero attached hydrogens (tertiary/aromatic N) is 2. The Morgan fingerprint density at radius 2 is 1.92 bits per heavy atom. The van der Waals surface area contributed by atoms with Gasteiger partial charge >= 0.3 is 6.03 Å². The molecule has 0 fully saturated rings. The predicted octanol–water partition coefficient (Wildman–Crippen LogP) is 3.97. The molecule has 2 amide bonds. The average molecular weight is 333 g/mol. The molecule has 0 spiro atoms. The maximum Gasteiger partial charge on any atom is 0.318 e. The molecule has 1 aromatic heterocycles. The van der Waals surface area contributed by atoms with Crippen LogP contribution in [0.1, 0.15) is 24.2 Å². The van der Waals surface area contributed by atoms with Crippen LogP contribution in [0.2, 0.25) is 0 Å². The molecule has 1 unspecified atom stereocenters. The number of rotatable bonds is 3. The van der Waals surface area contributed by atoms with E-state index < -0.39 is 0 Å². The largest absolute Gasteiger partial charge is 0.348 e. The highest BCUT2D eigenvalue weighted by molar-refractivity contribution is 5.85. The molecule has 4 nitrogen and oxygen atoms in total. The van der Waals surface area contributed by atoms with E-state index in [4.69, 9.17) is 0 Å². The molecule has 0 saturated heterocycles. The molecule has 128 valence electrons. The van der Waals surface area contributed by atoms with Crippen LogP contribution >= 0.6 is 0 Å². The molecule has 1 atom stereocenters. The van der Waals surface area contributed by atoms with Crippen LogP contribution in [0.3, 0.4) is 0 Å². The number of amides is 2. The molecule has 3 aromatic rings. The lowest BCUT2D eigenvalue weighted by atomic mass is 10.0. The van der Waals surface area contributed by atoms with Gasteiger partial charge in [-0.15, -0.1) is 0 Å². The van der Waals surface area contributed by atoms with Crippen molar-refractivity contribution < 1.29 is 4.79 Å². The van der Waals surface area contributed by atoms with E-state index in [1.54, 1.807) is 0 Å². The van der Waals surface area contributed by atoms with Crippen LogP contribution in [0.25, 0.3) is 10.8 Å². The lowest BCUT2D eigenvalue weighted by molar-refractivity contribution is 0.162. The summed E-state index contributed by atoms with van der Waals surface area (Å²) < 4.78 is 2.23. The van der Waals surface area contributed by atoms with E-state index in [0.717, 1.165) is 19.5 Å². The van der Waals surface area contributed by atoms with Gasteiger partial charge in [0.25, 0.3) is 0 Å². The van der Waals surface area contributed by atoms with Gasteiger partial charge in [-0.2, -0.15) is 0 Å². The maximum absolute atomic E-state index is 12.6. The third-order valence-corrected chi connectivity index (χ3v) is 5.15. The van der Waals surface area contributed by atoms with E-state index in [2.05, 4.69) is 71.5 Å². The van der Waals surface area contributed by atoms with Gasteiger partial charge in [0.05, 0.1) is 6.04 Å². The lowest BCUT2D eigenvalue weighted by Crippen LogP contribution is -2.46. The van der Waals surface area contributed by atoms with E-state index in [0.29, 0.717) is 6.54 Å². The molecule has 1 aliphatic heterocycles. The van der Waals surface area contributed by atoms with Crippen LogP contribution in [0.4, 0.5) is 4.79 Å². The Bertz CT molecular complexity index is 894. The number of carbonyl (C=O) groups excluding carboxylic acids is 1. The van der Waals surface area contributed by atoms with E-state index in [1.807, 2.05) is 11.0 Å². The second-order valence-corrected chi connectivity index (χ2v) is 6.62. The number of urea groups is 1. The summed E-state index contributed by atoms with van der Waals surface area (Å²) in [5.41, 5.74) is 2.48. The van der Waals surface area contributed by atoms with Crippen molar-refractivity contribution >= 4 is 16.8 Å². The van der Waals surface area contributed by atoms with Gasteiger partial charge in [-0.05, 0) is 41.8 Å². The molecular weight excluding hydrogens is 310 g/mol. The number of hydrogen-bond donors (Lipinski definition) is 1. The normalized spacial score (nSPS) is 16.7. The zero-order chi connectivity index (χ0) is 17.2. The van der Waals surface area contributed by atoms with E-state index in [9.17, 15) is 4.79 Å². The number of hydrogen-bond acceptors (Lipinski definition) is 1. The van der Waals surface area contributed by atoms with Crippen molar-refractivity contribution in [1.29, 1.82) is 0 Å². The van der Waals surface area contributed by atoms with Crippen molar-refractivity contribution in [2.75, 3.05) is 13.1 Å². The topological polar surface area (TPSA) is 37.3 Å². The van der Waals surface area contributed by atoms with Gasteiger partial charge in [0, 0.05) is 31.5 Å². The number of nitrogens with one attached hydrogen (secondary N) is 1. The SMILES string of the molecule is CC1c2cccn2CCN1C(=O)NCCc1cccc2ccccc12. The quantitative estimate of drug-likeness (QED) is 0.774. The smallest absolute Gasteiger partial charge is 0.318 e. The van der Waals surface area contributed by atoms with Crippen molar-refractivity contribution in [3.63, 3.8) is 0 Å². The molecule has 0 radical (unpaired) electrons. The monoisotopic (exact) mass is 333 g/mol. The van der Waals surface area contributed by atoms with E-state index >= 15 is 0 Å². The van der Waals surface area contributed by atoms with Crippen LogP contribution in [0, 0.1) is 0 Å². The van der Waals surface area contributed by atoms with Gasteiger partial charge < -0.3 is 14.8 Å². The predicted molar refractivity (Wildman–Crippen MR) is 101 cm³/mol. The van der Waals surface area contributed by atoms with Crippen molar-refractivity contribution in [3.8, 4) is 0 Å². The van der Waals surface area contributed by atoms with Gasteiger partial charge in [0.1, 0.15) is 0 Å². The first-order chi connectivity index (χ1) is 12.2. The highest BCUT2D eigenvalue weighted by Gasteiger charge is 2.26. The minimum absolute atomic E-state index is 0.0280. The zero-order valence-corrected chi connectivity index (χ0v) is 14.5. The maximum atomic E-state index is 12.6. The molecule has 0 saturated carbocycles.